The zero-order valence-electron chi connectivity index (χ0n) is 12.8. The summed E-state index contributed by atoms with van der Waals surface area (Å²) in [7, 11) is 3.13. The van der Waals surface area contributed by atoms with Crippen molar-refractivity contribution in [3.8, 4) is 5.75 Å². The fourth-order valence-electron chi connectivity index (χ4n) is 2.57. The van der Waals surface area contributed by atoms with Gasteiger partial charge in [-0.05, 0) is 30.0 Å². The quantitative estimate of drug-likeness (QED) is 0.785. The molecule has 2 unspecified atom stereocenters. The van der Waals surface area contributed by atoms with Crippen LogP contribution in [-0.2, 0) is 14.3 Å². The first-order valence-electron chi connectivity index (χ1n) is 7.20. The number of carbonyl (C=O) groups is 2. The molecule has 1 amide bonds. The predicted octanol–water partition coefficient (Wildman–Crippen LogP) is 1.36. The van der Waals surface area contributed by atoms with E-state index < -0.39 is 5.97 Å². The van der Waals surface area contributed by atoms with Crippen LogP contribution in [0.2, 0.25) is 0 Å². The summed E-state index contributed by atoms with van der Waals surface area (Å²) >= 11 is 0. The van der Waals surface area contributed by atoms with E-state index in [0.717, 1.165) is 17.7 Å². The summed E-state index contributed by atoms with van der Waals surface area (Å²) < 4.78 is 10.1. The summed E-state index contributed by atoms with van der Waals surface area (Å²) in [5.74, 6) is -0.377. The summed E-state index contributed by atoms with van der Waals surface area (Å²) in [6.45, 7) is 0.335. The lowest BCUT2D eigenvalue weighted by atomic mass is 10.1. The second-order valence-corrected chi connectivity index (χ2v) is 5.37. The Morgan fingerprint density at radius 3 is 2.77 bits per heavy atom. The van der Waals surface area contributed by atoms with Crippen molar-refractivity contribution in [2.75, 3.05) is 33.9 Å². The van der Waals surface area contributed by atoms with Gasteiger partial charge >= 0.3 is 5.97 Å². The zero-order chi connectivity index (χ0) is 16.1. The predicted molar refractivity (Wildman–Crippen MR) is 79.9 cm³/mol. The molecule has 1 aromatic rings. The van der Waals surface area contributed by atoms with Gasteiger partial charge in [-0.3, -0.25) is 9.59 Å². The first-order chi connectivity index (χ1) is 10.6. The van der Waals surface area contributed by atoms with Gasteiger partial charge < -0.3 is 19.5 Å². The second kappa shape index (κ2) is 7.26. The van der Waals surface area contributed by atoms with E-state index in [1.165, 1.54) is 12.0 Å². The van der Waals surface area contributed by atoms with E-state index in [1.54, 1.807) is 7.11 Å². The molecular weight excluding hydrogens is 286 g/mol. The molecule has 0 radical (unpaired) electrons. The number of carboxylic acid groups (broad SMARTS) is 1. The second-order valence-electron chi connectivity index (χ2n) is 5.37. The van der Waals surface area contributed by atoms with Gasteiger partial charge in [-0.25, -0.2) is 0 Å². The number of nitrogens with zero attached hydrogens (tertiary/aromatic N) is 1. The molecule has 120 valence electrons. The highest BCUT2D eigenvalue weighted by molar-refractivity contribution is 5.86. The SMILES string of the molecule is COCCN(CC(=O)O)C(=O)C1CC1c1cccc(OC)c1. The van der Waals surface area contributed by atoms with Crippen LogP contribution in [0.4, 0.5) is 0 Å². The Balaban J connectivity index is 2.01. The molecule has 1 aliphatic carbocycles. The van der Waals surface area contributed by atoms with Crippen LogP contribution in [-0.4, -0.2) is 55.8 Å². The smallest absolute Gasteiger partial charge is 0.323 e. The molecule has 1 N–H and O–H groups in total. The van der Waals surface area contributed by atoms with E-state index in [0.29, 0.717) is 13.2 Å². The van der Waals surface area contributed by atoms with Crippen molar-refractivity contribution >= 4 is 11.9 Å². The molecule has 0 aromatic heterocycles. The minimum absolute atomic E-state index is 0.118. The van der Waals surface area contributed by atoms with Gasteiger partial charge in [0.15, 0.2) is 0 Å². The molecule has 22 heavy (non-hydrogen) atoms. The third-order valence-electron chi connectivity index (χ3n) is 3.83. The van der Waals surface area contributed by atoms with E-state index in [4.69, 9.17) is 14.6 Å². The number of benzene rings is 1. The van der Waals surface area contributed by atoms with Crippen molar-refractivity contribution < 1.29 is 24.2 Å². The fraction of sp³-hybridized carbons (Fsp3) is 0.500. The molecule has 0 bridgehead atoms. The molecule has 0 heterocycles. The number of carbonyl (C=O) groups excluding carboxylic acids is 1. The molecule has 2 atom stereocenters. The average Bonchev–Trinajstić information content (AvgIpc) is 3.31. The van der Waals surface area contributed by atoms with Crippen LogP contribution >= 0.6 is 0 Å². The number of amides is 1. The van der Waals surface area contributed by atoms with E-state index in [9.17, 15) is 9.59 Å². The molecule has 6 nitrogen and oxygen atoms in total. The van der Waals surface area contributed by atoms with Gasteiger partial charge in [-0.2, -0.15) is 0 Å². The molecule has 0 saturated heterocycles. The number of ether oxygens (including phenoxy) is 2. The third-order valence-corrected chi connectivity index (χ3v) is 3.83. The fourth-order valence-corrected chi connectivity index (χ4v) is 2.57. The van der Waals surface area contributed by atoms with E-state index in [1.807, 2.05) is 24.3 Å². The maximum absolute atomic E-state index is 12.5. The maximum Gasteiger partial charge on any atom is 0.323 e. The van der Waals surface area contributed by atoms with Crippen molar-refractivity contribution in [1.29, 1.82) is 0 Å². The average molecular weight is 307 g/mol. The number of aliphatic carboxylic acids is 1. The summed E-state index contributed by atoms with van der Waals surface area (Å²) in [6, 6.07) is 7.65. The van der Waals surface area contributed by atoms with Crippen LogP contribution < -0.4 is 4.74 Å². The largest absolute Gasteiger partial charge is 0.497 e. The van der Waals surface area contributed by atoms with Crippen molar-refractivity contribution in [2.45, 2.75) is 12.3 Å². The number of hydrogen-bond acceptors (Lipinski definition) is 4. The summed E-state index contributed by atoms with van der Waals surface area (Å²) in [5.41, 5.74) is 1.06. The van der Waals surface area contributed by atoms with Gasteiger partial charge in [0.05, 0.1) is 13.7 Å². The topological polar surface area (TPSA) is 76.1 Å². The maximum atomic E-state index is 12.5. The van der Waals surface area contributed by atoms with Crippen LogP contribution in [0.15, 0.2) is 24.3 Å². The molecular formula is C16H21NO5. The van der Waals surface area contributed by atoms with Gasteiger partial charge in [-0.15, -0.1) is 0 Å². The van der Waals surface area contributed by atoms with Gasteiger partial charge in [0.2, 0.25) is 5.91 Å². The van der Waals surface area contributed by atoms with Crippen LogP contribution in [0.3, 0.4) is 0 Å². The monoisotopic (exact) mass is 307 g/mol. The van der Waals surface area contributed by atoms with Gasteiger partial charge in [-0.1, -0.05) is 12.1 Å². The molecule has 6 heteroatoms. The first-order valence-corrected chi connectivity index (χ1v) is 7.20. The molecule has 0 spiro atoms. The van der Waals surface area contributed by atoms with Gasteiger partial charge in [0.25, 0.3) is 0 Å². The Bertz CT molecular complexity index is 545. The third kappa shape index (κ3) is 3.98. The standard InChI is InChI=1S/C16H21NO5/c1-21-7-6-17(10-15(18)19)16(20)14-9-13(14)11-4-3-5-12(8-11)22-2/h3-5,8,13-14H,6-7,9-10H2,1-2H3,(H,18,19). The lowest BCUT2D eigenvalue weighted by molar-refractivity contribution is -0.145. The molecule has 1 fully saturated rings. The summed E-state index contributed by atoms with van der Waals surface area (Å²) in [5, 5.41) is 8.93. The number of rotatable bonds is 8. The Morgan fingerprint density at radius 2 is 2.14 bits per heavy atom. The van der Waals surface area contributed by atoms with Crippen molar-refractivity contribution in [1.82, 2.24) is 4.90 Å². The number of carboxylic acids is 1. The first kappa shape index (κ1) is 16.3. The Kier molecular flexibility index (Phi) is 5.38. The zero-order valence-corrected chi connectivity index (χ0v) is 12.8. The summed E-state index contributed by atoms with van der Waals surface area (Å²) in [4.78, 5) is 24.7. The molecule has 1 saturated carbocycles. The lowest BCUT2D eigenvalue weighted by Gasteiger charge is -2.20. The van der Waals surface area contributed by atoms with Crippen LogP contribution in [0.5, 0.6) is 5.75 Å². The summed E-state index contributed by atoms with van der Waals surface area (Å²) in [6.07, 6.45) is 0.745. The highest BCUT2D eigenvalue weighted by Gasteiger charge is 2.46. The van der Waals surface area contributed by atoms with Gasteiger partial charge in [0, 0.05) is 19.6 Å². The Hall–Kier alpha value is -2.08. The van der Waals surface area contributed by atoms with Crippen LogP contribution in [0.25, 0.3) is 0 Å². The molecule has 1 aliphatic rings. The Labute approximate surface area is 129 Å². The molecule has 1 aromatic carbocycles. The van der Waals surface area contributed by atoms with Crippen LogP contribution in [0, 0.1) is 5.92 Å². The molecule has 0 aliphatic heterocycles. The lowest BCUT2D eigenvalue weighted by Crippen LogP contribution is -2.39. The van der Waals surface area contributed by atoms with Crippen molar-refractivity contribution in [2.24, 2.45) is 5.92 Å². The van der Waals surface area contributed by atoms with Crippen LogP contribution in [0.1, 0.15) is 17.9 Å². The highest BCUT2D eigenvalue weighted by atomic mass is 16.5. The molecule has 2 rings (SSSR count). The van der Waals surface area contributed by atoms with E-state index in [2.05, 4.69) is 0 Å². The normalized spacial score (nSPS) is 19.5. The number of methoxy groups -OCH3 is 2. The van der Waals surface area contributed by atoms with Crippen molar-refractivity contribution in [3.63, 3.8) is 0 Å². The van der Waals surface area contributed by atoms with E-state index >= 15 is 0 Å². The van der Waals surface area contributed by atoms with E-state index in [-0.39, 0.29) is 24.3 Å². The highest BCUT2D eigenvalue weighted by Crippen LogP contribution is 2.49. The van der Waals surface area contributed by atoms with Crippen molar-refractivity contribution in [3.05, 3.63) is 29.8 Å². The number of hydrogen-bond donors (Lipinski definition) is 1. The van der Waals surface area contributed by atoms with Gasteiger partial charge in [0.1, 0.15) is 12.3 Å². The minimum Gasteiger partial charge on any atom is -0.497 e. The minimum atomic E-state index is -1.01. The Morgan fingerprint density at radius 1 is 1.36 bits per heavy atom.